The number of rotatable bonds is 6. The SMILES string of the molecule is CSc1nc2c(F)c(-c3cccc(Cl)c3Cl)c(CCC#N)cc2c2c1cc(C1CNC3=C1CC(=O)C=C3)n2[C@H]1[C@@H]2C[C@H]1N(C(=O)OC(C)(C)C)C2. The van der Waals surface area contributed by atoms with E-state index in [0.717, 1.165) is 34.3 Å². The fourth-order valence-electron chi connectivity index (χ4n) is 8.48. The van der Waals surface area contributed by atoms with Crippen molar-refractivity contribution in [3.05, 3.63) is 80.9 Å². The Morgan fingerprint density at radius 3 is 2.76 bits per heavy atom. The predicted molar refractivity (Wildman–Crippen MR) is 199 cm³/mol. The van der Waals surface area contributed by atoms with Gasteiger partial charge in [0.15, 0.2) is 11.6 Å². The van der Waals surface area contributed by atoms with Gasteiger partial charge < -0.3 is 19.5 Å². The highest BCUT2D eigenvalue weighted by molar-refractivity contribution is 7.98. The highest BCUT2D eigenvalue weighted by Gasteiger charge is 2.56. The molecule has 12 heteroatoms. The summed E-state index contributed by atoms with van der Waals surface area (Å²) in [5.74, 6) is -0.439. The molecule has 0 spiro atoms. The number of amides is 1. The van der Waals surface area contributed by atoms with Crippen LogP contribution in [0.1, 0.15) is 63.3 Å². The van der Waals surface area contributed by atoms with Crippen molar-refractivity contribution < 1.29 is 18.7 Å². The third kappa shape index (κ3) is 5.51. The number of halogens is 3. The number of ketones is 1. The molecule has 1 amide bonds. The van der Waals surface area contributed by atoms with Gasteiger partial charge in [0, 0.05) is 71.1 Å². The first-order valence-electron chi connectivity index (χ1n) is 17.1. The number of nitriles is 1. The zero-order chi connectivity index (χ0) is 35.9. The summed E-state index contributed by atoms with van der Waals surface area (Å²) in [7, 11) is 0. The largest absolute Gasteiger partial charge is 0.444 e. The molecule has 2 saturated heterocycles. The van der Waals surface area contributed by atoms with E-state index in [1.807, 2.05) is 44.1 Å². The Bertz CT molecular complexity index is 2290. The summed E-state index contributed by atoms with van der Waals surface area (Å²) < 4.78 is 25.5. The second-order valence-corrected chi connectivity index (χ2v) is 16.3. The Hall–Kier alpha value is -4.04. The molecule has 4 aromatic rings. The van der Waals surface area contributed by atoms with E-state index < -0.39 is 11.4 Å². The van der Waals surface area contributed by atoms with Crippen LogP contribution in [0, 0.1) is 23.1 Å². The van der Waals surface area contributed by atoms with E-state index in [4.69, 9.17) is 32.9 Å². The average Bonchev–Trinajstić information content (AvgIpc) is 3.86. The minimum atomic E-state index is -0.639. The topological polar surface area (TPSA) is 100 Å². The van der Waals surface area contributed by atoms with E-state index in [1.54, 1.807) is 24.3 Å². The summed E-state index contributed by atoms with van der Waals surface area (Å²) in [6.07, 6.45) is 6.68. The first kappa shape index (κ1) is 34.1. The summed E-state index contributed by atoms with van der Waals surface area (Å²) in [6.45, 7) is 6.76. The lowest BCUT2D eigenvalue weighted by atomic mass is 9.79. The third-order valence-electron chi connectivity index (χ3n) is 10.6. The molecule has 9 rings (SSSR count). The van der Waals surface area contributed by atoms with E-state index in [-0.39, 0.29) is 58.3 Å². The standard InChI is InChI=1S/C39H36Cl2FN5O3S/c1-39(2,3)50-38(49)46-18-20-14-30(46)35(20)47-29(26-17-44-28-11-10-21(48)15-23(26)28)16-25-36(47)24-13-19(7-6-12-43)31(22-8-5-9-27(40)32(22)41)33(42)34(24)45-37(25)51-4/h5,8-11,13,16,20,26,30,35,44H,6-7,14-15,17-18H2,1-4H3/t20-,26?,30-,35+/m1/s1. The highest BCUT2D eigenvalue weighted by Crippen LogP contribution is 2.54. The number of nitrogens with zero attached hydrogens (tertiary/aromatic N) is 4. The third-order valence-corrected chi connectivity index (χ3v) is 12.1. The highest BCUT2D eigenvalue weighted by atomic mass is 35.5. The maximum Gasteiger partial charge on any atom is 0.410 e. The summed E-state index contributed by atoms with van der Waals surface area (Å²) in [5, 5.41) is 15.8. The molecule has 8 nitrogen and oxygen atoms in total. The quantitative estimate of drug-likeness (QED) is 0.197. The van der Waals surface area contributed by atoms with E-state index in [9.17, 15) is 14.9 Å². The first-order chi connectivity index (χ1) is 24.4. The van der Waals surface area contributed by atoms with Crippen LogP contribution in [0.2, 0.25) is 10.0 Å². The minimum absolute atomic E-state index is 0.0539. The van der Waals surface area contributed by atoms with Gasteiger partial charge in [-0.3, -0.25) is 4.79 Å². The summed E-state index contributed by atoms with van der Waals surface area (Å²) in [4.78, 5) is 33.0. The molecule has 3 fully saturated rings. The minimum Gasteiger partial charge on any atom is -0.444 e. The number of nitrogens with one attached hydrogen (secondary N) is 1. The van der Waals surface area contributed by atoms with E-state index in [2.05, 4.69) is 22.0 Å². The Labute approximate surface area is 309 Å². The maximum absolute atomic E-state index is 17.3. The van der Waals surface area contributed by atoms with Crippen LogP contribution in [0.5, 0.6) is 0 Å². The van der Waals surface area contributed by atoms with Crippen LogP contribution >= 0.6 is 35.0 Å². The molecule has 262 valence electrons. The van der Waals surface area contributed by atoms with Gasteiger partial charge in [-0.25, -0.2) is 14.2 Å². The van der Waals surface area contributed by atoms with E-state index in [1.165, 1.54) is 11.8 Å². The van der Waals surface area contributed by atoms with Gasteiger partial charge in [-0.2, -0.15) is 5.26 Å². The number of fused-ring (bicyclic) bond motifs is 4. The van der Waals surface area contributed by atoms with Crippen LogP contribution in [0.3, 0.4) is 0 Å². The van der Waals surface area contributed by atoms with Crippen LogP contribution in [0.4, 0.5) is 9.18 Å². The Balaban J connectivity index is 1.41. The van der Waals surface area contributed by atoms with Crippen molar-refractivity contribution in [2.45, 2.75) is 75.1 Å². The molecule has 1 unspecified atom stereocenters. The number of carbonyl (C=O) groups is 2. The molecule has 2 aromatic carbocycles. The number of carbonyl (C=O) groups excluding carboxylic acids is 2. The number of aryl methyl sites for hydroxylation is 1. The van der Waals surface area contributed by atoms with Gasteiger partial charge >= 0.3 is 6.09 Å². The molecular formula is C39H36Cl2FN5O3S. The van der Waals surface area contributed by atoms with Crippen LogP contribution in [-0.2, 0) is 16.0 Å². The summed E-state index contributed by atoms with van der Waals surface area (Å²) in [6, 6.07) is 11.2. The second-order valence-electron chi connectivity index (χ2n) is 14.7. The van der Waals surface area contributed by atoms with Crippen LogP contribution in [0.15, 0.2) is 58.8 Å². The number of benzene rings is 2. The fourth-order valence-corrected chi connectivity index (χ4v) is 9.43. The first-order valence-corrected chi connectivity index (χ1v) is 19.1. The molecule has 3 aliphatic heterocycles. The molecule has 4 atom stereocenters. The zero-order valence-electron chi connectivity index (χ0n) is 28.6. The fraction of sp³-hybridized carbons (Fsp3) is 0.385. The number of allylic oxidation sites excluding steroid dienone is 2. The second kappa shape index (κ2) is 12.6. The number of pyridine rings is 1. The monoisotopic (exact) mass is 743 g/mol. The maximum atomic E-state index is 17.3. The van der Waals surface area contributed by atoms with Gasteiger partial charge in [0.05, 0.1) is 33.7 Å². The Morgan fingerprint density at radius 2 is 2.02 bits per heavy atom. The van der Waals surface area contributed by atoms with Gasteiger partial charge in [0.25, 0.3) is 0 Å². The van der Waals surface area contributed by atoms with Gasteiger partial charge in [-0.1, -0.05) is 35.3 Å². The Morgan fingerprint density at radius 1 is 1.22 bits per heavy atom. The van der Waals surface area contributed by atoms with Gasteiger partial charge in [-0.15, -0.1) is 11.8 Å². The number of hydrogen-bond donors (Lipinski definition) is 1. The number of thioether (sulfide) groups is 1. The van der Waals surface area contributed by atoms with Crippen molar-refractivity contribution in [2.75, 3.05) is 19.3 Å². The lowest BCUT2D eigenvalue weighted by molar-refractivity contribution is -0.114. The van der Waals surface area contributed by atoms with E-state index in [0.29, 0.717) is 52.5 Å². The van der Waals surface area contributed by atoms with Gasteiger partial charge in [0.1, 0.15) is 16.1 Å². The van der Waals surface area contributed by atoms with Crippen LogP contribution < -0.4 is 5.32 Å². The zero-order valence-corrected chi connectivity index (χ0v) is 31.0. The van der Waals surface area contributed by atoms with Crippen molar-refractivity contribution in [1.82, 2.24) is 19.8 Å². The number of hydrogen-bond acceptors (Lipinski definition) is 7. The van der Waals surface area contributed by atoms with Crippen molar-refractivity contribution in [2.24, 2.45) is 5.92 Å². The summed E-state index contributed by atoms with van der Waals surface area (Å²) >= 11 is 14.6. The van der Waals surface area contributed by atoms with Crippen molar-refractivity contribution in [3.63, 3.8) is 0 Å². The lowest BCUT2D eigenvalue weighted by Crippen LogP contribution is -2.44. The van der Waals surface area contributed by atoms with Crippen LogP contribution in [-0.4, -0.2) is 57.3 Å². The van der Waals surface area contributed by atoms with Crippen molar-refractivity contribution >= 4 is 68.6 Å². The molecule has 5 aliphatic rings. The molecule has 5 heterocycles. The number of ether oxygens (including phenoxy) is 1. The molecule has 1 saturated carbocycles. The molecule has 2 aromatic heterocycles. The van der Waals surface area contributed by atoms with Crippen LogP contribution in [0.25, 0.3) is 32.9 Å². The molecule has 1 N–H and O–H groups in total. The molecule has 2 aliphatic carbocycles. The molecular weight excluding hydrogens is 708 g/mol. The van der Waals surface area contributed by atoms with Gasteiger partial charge in [-0.05, 0) is 81.4 Å². The molecule has 2 bridgehead atoms. The van der Waals surface area contributed by atoms with Crippen molar-refractivity contribution in [1.29, 1.82) is 5.26 Å². The normalized spacial score (nSPS) is 22.4. The number of aromatic nitrogens is 2. The van der Waals surface area contributed by atoms with E-state index >= 15 is 4.39 Å². The lowest BCUT2D eigenvalue weighted by Gasteiger charge is -2.40. The molecule has 0 radical (unpaired) electrons. The average molecular weight is 745 g/mol. The summed E-state index contributed by atoms with van der Waals surface area (Å²) in [5.41, 5.74) is 4.73. The molecule has 51 heavy (non-hydrogen) atoms. The predicted octanol–water partition coefficient (Wildman–Crippen LogP) is 9.13. The van der Waals surface area contributed by atoms with Gasteiger partial charge in [0.2, 0.25) is 0 Å². The Kier molecular flexibility index (Phi) is 8.40. The smallest absolute Gasteiger partial charge is 0.410 e. The van der Waals surface area contributed by atoms with Crippen molar-refractivity contribution in [3.8, 4) is 17.2 Å².